The van der Waals surface area contributed by atoms with E-state index in [1.165, 1.54) is 18.6 Å². The van der Waals surface area contributed by atoms with Crippen LogP contribution in [0.25, 0.3) is 0 Å². The Balaban J connectivity index is 0.00000264. The standard InChI is InChI=1S/C17H26FN3O.ClH/c1-13(15-5-7-16(18)8-6-15)20-17(22)12-21-9-3-4-14(11-21)10-19-2;/h5-8,13-14,19H,3-4,9-12H2,1-2H3,(H,20,22);1H. The molecule has 2 unspecified atom stereocenters. The van der Waals surface area contributed by atoms with Gasteiger partial charge in [0.15, 0.2) is 0 Å². The summed E-state index contributed by atoms with van der Waals surface area (Å²) in [6.07, 6.45) is 2.37. The Morgan fingerprint density at radius 2 is 2.09 bits per heavy atom. The van der Waals surface area contributed by atoms with Crippen molar-refractivity contribution in [3.63, 3.8) is 0 Å². The molecule has 1 aliphatic rings. The number of carbonyl (C=O) groups excluding carboxylic acids is 1. The van der Waals surface area contributed by atoms with Gasteiger partial charge in [-0.25, -0.2) is 4.39 Å². The Morgan fingerprint density at radius 3 is 2.74 bits per heavy atom. The van der Waals surface area contributed by atoms with Gasteiger partial charge in [0.05, 0.1) is 12.6 Å². The Labute approximate surface area is 144 Å². The minimum absolute atomic E-state index is 0. The topological polar surface area (TPSA) is 44.4 Å². The van der Waals surface area contributed by atoms with Gasteiger partial charge in [0.25, 0.3) is 0 Å². The molecular weight excluding hydrogens is 317 g/mol. The molecule has 130 valence electrons. The molecule has 1 amide bonds. The predicted octanol–water partition coefficient (Wildman–Crippen LogP) is 2.36. The van der Waals surface area contributed by atoms with E-state index in [1.807, 2.05) is 14.0 Å². The van der Waals surface area contributed by atoms with E-state index < -0.39 is 0 Å². The molecule has 0 bridgehead atoms. The summed E-state index contributed by atoms with van der Waals surface area (Å²) in [5.41, 5.74) is 0.918. The zero-order valence-electron chi connectivity index (χ0n) is 13.8. The first kappa shape index (κ1) is 19.9. The first-order valence-electron chi connectivity index (χ1n) is 8.00. The molecule has 1 aromatic rings. The molecule has 2 atom stereocenters. The van der Waals surface area contributed by atoms with Crippen LogP contribution in [0.2, 0.25) is 0 Å². The van der Waals surface area contributed by atoms with Crippen molar-refractivity contribution in [1.29, 1.82) is 0 Å². The van der Waals surface area contributed by atoms with Crippen molar-refractivity contribution in [3.05, 3.63) is 35.6 Å². The predicted molar refractivity (Wildman–Crippen MR) is 93.3 cm³/mol. The van der Waals surface area contributed by atoms with Crippen molar-refractivity contribution < 1.29 is 9.18 Å². The van der Waals surface area contributed by atoms with Gasteiger partial charge in [-0.15, -0.1) is 12.4 Å². The van der Waals surface area contributed by atoms with Crippen LogP contribution in [0.15, 0.2) is 24.3 Å². The molecule has 1 heterocycles. The van der Waals surface area contributed by atoms with E-state index in [0.29, 0.717) is 12.5 Å². The van der Waals surface area contributed by atoms with Crippen LogP contribution >= 0.6 is 12.4 Å². The van der Waals surface area contributed by atoms with Crippen LogP contribution in [0.1, 0.15) is 31.4 Å². The van der Waals surface area contributed by atoms with Crippen molar-refractivity contribution in [2.45, 2.75) is 25.8 Å². The van der Waals surface area contributed by atoms with Gasteiger partial charge in [0.2, 0.25) is 5.91 Å². The van der Waals surface area contributed by atoms with E-state index in [-0.39, 0.29) is 30.2 Å². The van der Waals surface area contributed by atoms with Crippen molar-refractivity contribution in [3.8, 4) is 0 Å². The van der Waals surface area contributed by atoms with Gasteiger partial charge in [-0.05, 0) is 63.5 Å². The first-order valence-corrected chi connectivity index (χ1v) is 8.00. The second kappa shape index (κ2) is 9.85. The fourth-order valence-electron chi connectivity index (χ4n) is 3.08. The molecule has 0 aromatic heterocycles. The number of hydrogen-bond acceptors (Lipinski definition) is 3. The van der Waals surface area contributed by atoms with Gasteiger partial charge >= 0.3 is 0 Å². The Morgan fingerprint density at radius 1 is 1.39 bits per heavy atom. The van der Waals surface area contributed by atoms with Gasteiger partial charge in [0, 0.05) is 6.54 Å². The van der Waals surface area contributed by atoms with Gasteiger partial charge in [-0.1, -0.05) is 12.1 Å². The zero-order valence-corrected chi connectivity index (χ0v) is 14.7. The van der Waals surface area contributed by atoms with E-state index in [9.17, 15) is 9.18 Å². The van der Waals surface area contributed by atoms with E-state index >= 15 is 0 Å². The maximum atomic E-state index is 12.9. The third kappa shape index (κ3) is 6.45. The smallest absolute Gasteiger partial charge is 0.234 e. The largest absolute Gasteiger partial charge is 0.348 e. The summed E-state index contributed by atoms with van der Waals surface area (Å²) < 4.78 is 12.9. The summed E-state index contributed by atoms with van der Waals surface area (Å²) in [5.74, 6) is 0.397. The van der Waals surface area contributed by atoms with Gasteiger partial charge in [-0.2, -0.15) is 0 Å². The zero-order chi connectivity index (χ0) is 15.9. The minimum atomic E-state index is -0.258. The van der Waals surface area contributed by atoms with Crippen LogP contribution in [0, 0.1) is 11.7 Å². The fourth-order valence-corrected chi connectivity index (χ4v) is 3.08. The number of benzene rings is 1. The van der Waals surface area contributed by atoms with Crippen molar-refractivity contribution in [2.75, 3.05) is 33.2 Å². The number of amides is 1. The fraction of sp³-hybridized carbons (Fsp3) is 0.588. The summed E-state index contributed by atoms with van der Waals surface area (Å²) >= 11 is 0. The SMILES string of the molecule is CNCC1CCCN(CC(=O)NC(C)c2ccc(F)cc2)C1.Cl. The third-order valence-electron chi connectivity index (χ3n) is 4.21. The van der Waals surface area contributed by atoms with Crippen LogP contribution in [-0.2, 0) is 4.79 Å². The van der Waals surface area contributed by atoms with Crippen molar-refractivity contribution >= 4 is 18.3 Å². The maximum Gasteiger partial charge on any atom is 0.234 e. The molecule has 2 rings (SSSR count). The Kier molecular flexibility index (Phi) is 8.52. The molecule has 23 heavy (non-hydrogen) atoms. The highest BCUT2D eigenvalue weighted by atomic mass is 35.5. The van der Waals surface area contributed by atoms with Crippen molar-refractivity contribution in [1.82, 2.24) is 15.5 Å². The molecule has 0 spiro atoms. The molecule has 1 aromatic carbocycles. The molecule has 0 radical (unpaired) electrons. The van der Waals surface area contributed by atoms with Crippen LogP contribution in [-0.4, -0.2) is 44.0 Å². The van der Waals surface area contributed by atoms with Crippen LogP contribution in [0.4, 0.5) is 4.39 Å². The second-order valence-corrected chi connectivity index (χ2v) is 6.14. The number of rotatable bonds is 6. The molecule has 1 fully saturated rings. The molecule has 4 nitrogen and oxygen atoms in total. The van der Waals surface area contributed by atoms with E-state index in [0.717, 1.165) is 31.6 Å². The number of piperidine rings is 1. The summed E-state index contributed by atoms with van der Waals surface area (Å²) in [6, 6.07) is 6.16. The highest BCUT2D eigenvalue weighted by Gasteiger charge is 2.21. The lowest BCUT2D eigenvalue weighted by Gasteiger charge is -2.32. The first-order chi connectivity index (χ1) is 10.6. The van der Waals surface area contributed by atoms with E-state index in [2.05, 4.69) is 15.5 Å². The second-order valence-electron chi connectivity index (χ2n) is 6.14. The van der Waals surface area contributed by atoms with Gasteiger partial charge < -0.3 is 10.6 Å². The van der Waals surface area contributed by atoms with Gasteiger partial charge in [-0.3, -0.25) is 9.69 Å². The quantitative estimate of drug-likeness (QED) is 0.833. The monoisotopic (exact) mass is 343 g/mol. The lowest BCUT2D eigenvalue weighted by Crippen LogP contribution is -2.44. The lowest BCUT2D eigenvalue weighted by atomic mass is 9.98. The molecule has 1 aliphatic heterocycles. The molecule has 0 saturated carbocycles. The summed E-state index contributed by atoms with van der Waals surface area (Å²) in [7, 11) is 1.97. The molecular formula is C17H27ClFN3O. The van der Waals surface area contributed by atoms with E-state index in [1.54, 1.807) is 12.1 Å². The highest BCUT2D eigenvalue weighted by molar-refractivity contribution is 5.85. The molecule has 2 N–H and O–H groups in total. The number of likely N-dealkylation sites (tertiary alicyclic amines) is 1. The normalized spacial score (nSPS) is 19.7. The van der Waals surface area contributed by atoms with Crippen LogP contribution < -0.4 is 10.6 Å². The third-order valence-corrected chi connectivity index (χ3v) is 4.21. The minimum Gasteiger partial charge on any atom is -0.348 e. The molecule has 1 saturated heterocycles. The summed E-state index contributed by atoms with van der Waals surface area (Å²) in [5, 5.41) is 6.20. The Hall–Kier alpha value is -1.17. The number of halogens is 2. The number of nitrogens with zero attached hydrogens (tertiary/aromatic N) is 1. The molecule has 6 heteroatoms. The Bertz CT molecular complexity index is 481. The summed E-state index contributed by atoms with van der Waals surface area (Å²) in [6.45, 7) is 5.32. The lowest BCUT2D eigenvalue weighted by molar-refractivity contribution is -0.123. The maximum absolute atomic E-state index is 12.9. The van der Waals surface area contributed by atoms with Crippen molar-refractivity contribution in [2.24, 2.45) is 5.92 Å². The number of nitrogens with one attached hydrogen (secondary N) is 2. The average Bonchev–Trinajstić information content (AvgIpc) is 2.48. The average molecular weight is 344 g/mol. The van der Waals surface area contributed by atoms with Crippen LogP contribution in [0.5, 0.6) is 0 Å². The summed E-state index contributed by atoms with van der Waals surface area (Å²) in [4.78, 5) is 14.4. The highest BCUT2D eigenvalue weighted by Crippen LogP contribution is 2.16. The van der Waals surface area contributed by atoms with Crippen LogP contribution in [0.3, 0.4) is 0 Å². The number of hydrogen-bond donors (Lipinski definition) is 2. The molecule has 0 aliphatic carbocycles. The van der Waals surface area contributed by atoms with E-state index in [4.69, 9.17) is 0 Å². The van der Waals surface area contributed by atoms with Gasteiger partial charge in [0.1, 0.15) is 5.82 Å². The number of carbonyl (C=O) groups is 1.